The minimum Gasteiger partial charge on any atom is -0.207 e. The predicted octanol–water partition coefficient (Wildman–Crippen LogP) is 5.44. The van der Waals surface area contributed by atoms with Crippen LogP contribution in [-0.4, -0.2) is 8.42 Å². The van der Waals surface area contributed by atoms with Crippen LogP contribution in [0.15, 0.2) is 30.3 Å². The molecule has 0 amide bonds. The van der Waals surface area contributed by atoms with Crippen LogP contribution in [0.3, 0.4) is 0 Å². The molecular formula is C19H30O4S. The zero-order chi connectivity index (χ0) is 17.3. The summed E-state index contributed by atoms with van der Waals surface area (Å²) in [6.07, 6.45) is 13.0. The fourth-order valence-electron chi connectivity index (χ4n) is 3.20. The summed E-state index contributed by atoms with van der Waals surface area (Å²) < 4.78 is 32.9. The van der Waals surface area contributed by atoms with Crippen molar-refractivity contribution in [3.63, 3.8) is 0 Å². The second kappa shape index (κ2) is 9.54. The molecule has 0 bridgehead atoms. The van der Waals surface area contributed by atoms with Gasteiger partial charge in [-0.1, -0.05) is 95.0 Å². The van der Waals surface area contributed by atoms with Crippen molar-refractivity contribution in [1.82, 2.24) is 0 Å². The molecule has 1 heterocycles. The molecule has 1 aromatic rings. The second-order valence-electron chi connectivity index (χ2n) is 6.63. The first-order valence-electron chi connectivity index (χ1n) is 9.30. The molecule has 5 heteroatoms. The Hall–Kier alpha value is -0.910. The molecule has 1 aromatic carbocycles. The third-order valence-corrected chi connectivity index (χ3v) is 5.49. The lowest BCUT2D eigenvalue weighted by Gasteiger charge is -2.39. The van der Waals surface area contributed by atoms with Gasteiger partial charge in [0.25, 0.3) is 0 Å². The number of hydrogen-bond acceptors (Lipinski definition) is 4. The number of rotatable bonds is 12. The minimum absolute atomic E-state index is 0.576. The molecule has 24 heavy (non-hydrogen) atoms. The van der Waals surface area contributed by atoms with E-state index in [1.807, 2.05) is 30.3 Å². The van der Waals surface area contributed by atoms with Crippen LogP contribution in [0.5, 0.6) is 0 Å². The summed E-state index contributed by atoms with van der Waals surface area (Å²) in [4.78, 5) is 0. The number of unbranched alkanes of at least 4 members (excludes halogenated alkanes) is 9. The van der Waals surface area contributed by atoms with Gasteiger partial charge in [0.05, 0.1) is 0 Å². The Morgan fingerprint density at radius 2 is 1.29 bits per heavy atom. The minimum atomic E-state index is -3.80. The molecule has 0 aromatic heterocycles. The summed E-state index contributed by atoms with van der Waals surface area (Å²) in [5.41, 5.74) is 0.774. The zero-order valence-corrected chi connectivity index (χ0v) is 15.5. The quantitative estimate of drug-likeness (QED) is 0.469. The van der Waals surface area contributed by atoms with Gasteiger partial charge in [-0.3, -0.25) is 0 Å². The molecule has 136 valence electrons. The first-order chi connectivity index (χ1) is 11.6. The Morgan fingerprint density at radius 3 is 1.79 bits per heavy atom. The molecular weight excluding hydrogens is 324 g/mol. The van der Waals surface area contributed by atoms with Crippen molar-refractivity contribution < 1.29 is 16.8 Å². The average Bonchev–Trinajstić information content (AvgIpc) is 2.55. The lowest BCUT2D eigenvalue weighted by Crippen LogP contribution is -2.47. The van der Waals surface area contributed by atoms with Gasteiger partial charge in [0.15, 0.2) is 0 Å². The molecule has 0 unspecified atom stereocenters. The molecule has 0 spiro atoms. The van der Waals surface area contributed by atoms with E-state index in [1.54, 1.807) is 0 Å². The van der Waals surface area contributed by atoms with E-state index in [0.29, 0.717) is 6.42 Å². The number of hydrogen-bond donors (Lipinski definition) is 0. The molecule has 0 N–H and O–H groups in total. The highest BCUT2D eigenvalue weighted by Crippen LogP contribution is 2.44. The maximum Gasteiger partial charge on any atom is 0.405 e. The van der Waals surface area contributed by atoms with E-state index < -0.39 is 16.2 Å². The maximum absolute atomic E-state index is 11.3. The summed E-state index contributed by atoms with van der Waals surface area (Å²) in [5.74, 6) is -1.10. The van der Waals surface area contributed by atoms with Crippen LogP contribution in [0.2, 0.25) is 0 Å². The van der Waals surface area contributed by atoms with Crippen LogP contribution >= 0.6 is 0 Å². The third kappa shape index (κ3) is 5.87. The van der Waals surface area contributed by atoms with E-state index in [-0.39, 0.29) is 0 Å². The van der Waals surface area contributed by atoms with Crippen LogP contribution in [0.1, 0.15) is 83.1 Å². The van der Waals surface area contributed by atoms with Gasteiger partial charge < -0.3 is 0 Å². The molecule has 0 radical (unpaired) electrons. The highest BCUT2D eigenvalue weighted by molar-refractivity contribution is 7.82. The molecule has 2 rings (SSSR count). The summed E-state index contributed by atoms with van der Waals surface area (Å²) in [6.45, 7) is 2.24. The number of benzene rings is 1. The largest absolute Gasteiger partial charge is 0.405 e. The average molecular weight is 355 g/mol. The van der Waals surface area contributed by atoms with E-state index in [2.05, 4.69) is 6.92 Å². The highest BCUT2D eigenvalue weighted by atomic mass is 32.3. The van der Waals surface area contributed by atoms with Gasteiger partial charge >= 0.3 is 10.4 Å². The molecule has 1 aliphatic rings. The van der Waals surface area contributed by atoms with Crippen LogP contribution in [0.25, 0.3) is 0 Å². The van der Waals surface area contributed by atoms with E-state index >= 15 is 0 Å². The van der Waals surface area contributed by atoms with Gasteiger partial charge in [0.1, 0.15) is 0 Å². The van der Waals surface area contributed by atoms with E-state index in [0.717, 1.165) is 18.4 Å². The summed E-state index contributed by atoms with van der Waals surface area (Å²) >= 11 is 0. The Balaban J connectivity index is 1.64. The Morgan fingerprint density at radius 1 is 0.792 bits per heavy atom. The Bertz CT molecular complexity index is 556. The van der Waals surface area contributed by atoms with E-state index in [4.69, 9.17) is 8.37 Å². The highest BCUT2D eigenvalue weighted by Gasteiger charge is 2.52. The first-order valence-corrected chi connectivity index (χ1v) is 10.6. The van der Waals surface area contributed by atoms with Crippen molar-refractivity contribution >= 4 is 10.4 Å². The zero-order valence-electron chi connectivity index (χ0n) is 14.7. The molecule has 1 saturated heterocycles. The van der Waals surface area contributed by atoms with Crippen molar-refractivity contribution in [3.05, 3.63) is 35.9 Å². The van der Waals surface area contributed by atoms with Gasteiger partial charge in [-0.05, 0) is 6.42 Å². The standard InChI is InChI=1S/C19H30O4S/c1-2-3-4-5-6-7-8-9-10-14-17-19(22-24(20,21)23-19)18-15-12-11-13-16-18/h11-13,15-16H,2-10,14,17H2,1H3. The Kier molecular flexibility index (Phi) is 7.72. The van der Waals surface area contributed by atoms with Crippen LogP contribution in [-0.2, 0) is 24.6 Å². The second-order valence-corrected chi connectivity index (χ2v) is 7.78. The fraction of sp³-hybridized carbons (Fsp3) is 0.684. The smallest absolute Gasteiger partial charge is 0.207 e. The monoisotopic (exact) mass is 354 g/mol. The molecule has 0 aliphatic carbocycles. The molecule has 0 saturated carbocycles. The van der Waals surface area contributed by atoms with E-state index in [9.17, 15) is 8.42 Å². The van der Waals surface area contributed by atoms with Crippen LogP contribution in [0.4, 0.5) is 0 Å². The van der Waals surface area contributed by atoms with Gasteiger partial charge in [0.2, 0.25) is 5.79 Å². The summed E-state index contributed by atoms with van der Waals surface area (Å²) in [7, 11) is -3.80. The molecule has 4 nitrogen and oxygen atoms in total. The van der Waals surface area contributed by atoms with E-state index in [1.165, 1.54) is 51.4 Å². The van der Waals surface area contributed by atoms with Crippen molar-refractivity contribution in [2.75, 3.05) is 0 Å². The van der Waals surface area contributed by atoms with Crippen molar-refractivity contribution in [2.24, 2.45) is 0 Å². The lowest BCUT2D eigenvalue weighted by molar-refractivity contribution is -0.201. The fourth-order valence-corrected chi connectivity index (χ4v) is 4.23. The SMILES string of the molecule is CCCCCCCCCCCCC1(c2ccccc2)OS(=O)(=O)O1. The molecule has 1 aliphatic heterocycles. The van der Waals surface area contributed by atoms with Crippen LogP contribution in [0, 0.1) is 0 Å². The normalized spacial score (nSPS) is 18.2. The Labute approximate surface area is 146 Å². The molecule has 1 fully saturated rings. The molecule has 0 atom stereocenters. The van der Waals surface area contributed by atoms with Gasteiger partial charge in [-0.2, -0.15) is 8.42 Å². The van der Waals surface area contributed by atoms with Crippen LogP contribution < -0.4 is 0 Å². The van der Waals surface area contributed by atoms with Gasteiger partial charge in [0, 0.05) is 12.0 Å². The first kappa shape index (κ1) is 19.4. The van der Waals surface area contributed by atoms with Gasteiger partial charge in [-0.15, -0.1) is 0 Å². The summed E-state index contributed by atoms with van der Waals surface area (Å²) in [6, 6.07) is 9.33. The summed E-state index contributed by atoms with van der Waals surface area (Å²) in [5, 5.41) is 0. The van der Waals surface area contributed by atoms with Crippen molar-refractivity contribution in [2.45, 2.75) is 83.3 Å². The lowest BCUT2D eigenvalue weighted by atomic mass is 9.98. The topological polar surface area (TPSA) is 52.6 Å². The van der Waals surface area contributed by atoms with Gasteiger partial charge in [-0.25, -0.2) is 8.37 Å². The van der Waals surface area contributed by atoms with Crippen molar-refractivity contribution in [3.8, 4) is 0 Å². The predicted molar refractivity (Wildman–Crippen MR) is 95.7 cm³/mol. The third-order valence-electron chi connectivity index (χ3n) is 4.55. The maximum atomic E-state index is 11.3. The van der Waals surface area contributed by atoms with Crippen molar-refractivity contribution in [1.29, 1.82) is 0 Å².